The van der Waals surface area contributed by atoms with Gasteiger partial charge < -0.3 is 10.6 Å². The van der Waals surface area contributed by atoms with Crippen molar-refractivity contribution in [1.82, 2.24) is 0 Å². The van der Waals surface area contributed by atoms with Crippen LogP contribution in [-0.2, 0) is 4.79 Å². The van der Waals surface area contributed by atoms with Crippen LogP contribution in [0.5, 0.6) is 0 Å². The molecule has 0 aliphatic carbocycles. The van der Waals surface area contributed by atoms with E-state index in [0.29, 0.717) is 10.7 Å². The van der Waals surface area contributed by atoms with Crippen LogP contribution in [-0.4, -0.2) is 5.91 Å². The van der Waals surface area contributed by atoms with E-state index in [-0.39, 0.29) is 5.57 Å². The number of halogens is 1. The van der Waals surface area contributed by atoms with Gasteiger partial charge in [0.05, 0.1) is 0 Å². The number of hydrogen-bond donors (Lipinski definition) is 2. The van der Waals surface area contributed by atoms with Gasteiger partial charge in [-0.25, -0.2) is 0 Å². The molecule has 0 saturated heterocycles. The Balaban J connectivity index is 2.16. The molecule has 2 aromatic rings. The Labute approximate surface area is 140 Å². The first-order valence-corrected chi connectivity index (χ1v) is 7.39. The van der Waals surface area contributed by atoms with Crippen molar-refractivity contribution in [2.45, 2.75) is 13.8 Å². The Kier molecular flexibility index (Phi) is 5.40. The summed E-state index contributed by atoms with van der Waals surface area (Å²) >= 11 is 5.87. The monoisotopic (exact) mass is 325 g/mol. The van der Waals surface area contributed by atoms with E-state index in [9.17, 15) is 10.1 Å². The SMILES string of the molecule is Cc1cccc(C)c1NC=C(C#N)C(=O)Nc1cccc(Cl)c1. The number of carbonyl (C=O) groups excluding carboxylic acids is 1. The smallest absolute Gasteiger partial charge is 0.267 e. The fraction of sp³-hybridized carbons (Fsp3) is 0.111. The zero-order chi connectivity index (χ0) is 16.8. The topological polar surface area (TPSA) is 64.9 Å². The molecule has 0 aliphatic rings. The molecule has 2 aromatic carbocycles. The van der Waals surface area contributed by atoms with Crippen molar-refractivity contribution >= 4 is 28.9 Å². The largest absolute Gasteiger partial charge is 0.360 e. The zero-order valence-electron chi connectivity index (χ0n) is 12.9. The predicted molar refractivity (Wildman–Crippen MR) is 93.3 cm³/mol. The minimum atomic E-state index is -0.492. The molecular formula is C18H16ClN3O. The van der Waals surface area contributed by atoms with Crippen LogP contribution < -0.4 is 10.6 Å². The number of nitrogens with zero attached hydrogens (tertiary/aromatic N) is 1. The first-order chi connectivity index (χ1) is 11.0. The summed E-state index contributed by atoms with van der Waals surface area (Å²) in [5.74, 6) is -0.492. The van der Waals surface area contributed by atoms with E-state index in [1.807, 2.05) is 38.1 Å². The number of hydrogen-bond acceptors (Lipinski definition) is 3. The molecular weight excluding hydrogens is 310 g/mol. The van der Waals surface area contributed by atoms with Crippen molar-refractivity contribution in [3.8, 4) is 6.07 Å². The average Bonchev–Trinajstić information content (AvgIpc) is 2.50. The number of nitrogens with one attached hydrogen (secondary N) is 2. The van der Waals surface area contributed by atoms with Crippen LogP contribution >= 0.6 is 11.6 Å². The molecule has 0 bridgehead atoms. The van der Waals surface area contributed by atoms with Crippen LogP contribution in [0, 0.1) is 25.2 Å². The third-order valence-electron chi connectivity index (χ3n) is 3.29. The summed E-state index contributed by atoms with van der Waals surface area (Å²) < 4.78 is 0. The summed E-state index contributed by atoms with van der Waals surface area (Å²) in [7, 11) is 0. The zero-order valence-corrected chi connectivity index (χ0v) is 13.6. The van der Waals surface area contributed by atoms with Gasteiger partial charge in [-0.2, -0.15) is 5.26 Å². The van der Waals surface area contributed by atoms with Crippen LogP contribution in [0.2, 0.25) is 5.02 Å². The second kappa shape index (κ2) is 7.48. The second-order valence-electron chi connectivity index (χ2n) is 5.05. The molecule has 0 unspecified atom stereocenters. The average molecular weight is 326 g/mol. The molecule has 0 spiro atoms. The summed E-state index contributed by atoms with van der Waals surface area (Å²) in [6.45, 7) is 3.92. The quantitative estimate of drug-likeness (QED) is 0.646. The maximum absolute atomic E-state index is 12.2. The number of anilines is 2. The number of aryl methyl sites for hydroxylation is 2. The molecule has 23 heavy (non-hydrogen) atoms. The van der Waals surface area contributed by atoms with Crippen molar-refractivity contribution in [1.29, 1.82) is 5.26 Å². The lowest BCUT2D eigenvalue weighted by Crippen LogP contribution is -2.14. The Bertz CT molecular complexity index is 786. The third-order valence-corrected chi connectivity index (χ3v) is 3.52. The van der Waals surface area contributed by atoms with Crippen molar-refractivity contribution in [2.24, 2.45) is 0 Å². The minimum Gasteiger partial charge on any atom is -0.360 e. The molecule has 0 atom stereocenters. The van der Waals surface area contributed by atoms with E-state index in [1.165, 1.54) is 6.20 Å². The van der Waals surface area contributed by atoms with Gasteiger partial charge >= 0.3 is 0 Å². The van der Waals surface area contributed by atoms with Gasteiger partial charge in [0.1, 0.15) is 11.6 Å². The number of benzene rings is 2. The van der Waals surface area contributed by atoms with E-state index in [4.69, 9.17) is 11.6 Å². The van der Waals surface area contributed by atoms with E-state index >= 15 is 0 Å². The number of carbonyl (C=O) groups is 1. The molecule has 2 N–H and O–H groups in total. The molecule has 5 heteroatoms. The van der Waals surface area contributed by atoms with E-state index < -0.39 is 5.91 Å². The lowest BCUT2D eigenvalue weighted by atomic mass is 10.1. The maximum Gasteiger partial charge on any atom is 0.267 e. The number of nitriles is 1. The maximum atomic E-state index is 12.2. The van der Waals surface area contributed by atoms with Crippen molar-refractivity contribution in [3.05, 3.63) is 70.4 Å². The highest BCUT2D eigenvalue weighted by molar-refractivity contribution is 6.31. The van der Waals surface area contributed by atoms with E-state index in [1.54, 1.807) is 24.3 Å². The van der Waals surface area contributed by atoms with Gasteiger partial charge in [-0.1, -0.05) is 35.9 Å². The third kappa shape index (κ3) is 4.35. The number of amides is 1. The van der Waals surface area contributed by atoms with Crippen molar-refractivity contribution in [2.75, 3.05) is 10.6 Å². The van der Waals surface area contributed by atoms with E-state index in [2.05, 4.69) is 10.6 Å². The highest BCUT2D eigenvalue weighted by atomic mass is 35.5. The van der Waals surface area contributed by atoms with E-state index in [0.717, 1.165) is 16.8 Å². The fourth-order valence-corrected chi connectivity index (χ4v) is 2.29. The lowest BCUT2D eigenvalue weighted by Gasteiger charge is -2.10. The normalized spacial score (nSPS) is 10.8. The molecule has 0 fully saturated rings. The highest BCUT2D eigenvalue weighted by Gasteiger charge is 2.10. The number of para-hydroxylation sites is 1. The van der Waals surface area contributed by atoms with Gasteiger partial charge in [0, 0.05) is 22.6 Å². The van der Waals surface area contributed by atoms with Crippen LogP contribution in [0.15, 0.2) is 54.2 Å². The van der Waals surface area contributed by atoms with Crippen molar-refractivity contribution < 1.29 is 4.79 Å². The van der Waals surface area contributed by atoms with Crippen LogP contribution in [0.4, 0.5) is 11.4 Å². The summed E-state index contributed by atoms with van der Waals surface area (Å²) in [5, 5.41) is 15.4. The molecule has 0 aliphatic heterocycles. The summed E-state index contributed by atoms with van der Waals surface area (Å²) in [4.78, 5) is 12.2. The molecule has 0 saturated carbocycles. The molecule has 0 aromatic heterocycles. The van der Waals surface area contributed by atoms with Crippen molar-refractivity contribution in [3.63, 3.8) is 0 Å². The molecule has 2 rings (SSSR count). The van der Waals surface area contributed by atoms with Crippen LogP contribution in [0.25, 0.3) is 0 Å². The first-order valence-electron chi connectivity index (χ1n) is 7.01. The Morgan fingerprint density at radius 1 is 1.17 bits per heavy atom. The minimum absolute atomic E-state index is 0.0207. The predicted octanol–water partition coefficient (Wildman–Crippen LogP) is 4.41. The fourth-order valence-electron chi connectivity index (χ4n) is 2.10. The standard InChI is InChI=1S/C18H16ClN3O/c1-12-5-3-6-13(2)17(12)21-11-14(10-20)18(23)22-16-8-4-7-15(19)9-16/h3-9,11,21H,1-2H3,(H,22,23). The molecule has 4 nitrogen and oxygen atoms in total. The van der Waals surface area contributed by atoms with Gasteiger partial charge in [-0.05, 0) is 43.2 Å². The summed E-state index contributed by atoms with van der Waals surface area (Å²) in [6.07, 6.45) is 1.41. The number of rotatable bonds is 4. The van der Waals surface area contributed by atoms with Crippen LogP contribution in [0.1, 0.15) is 11.1 Å². The highest BCUT2D eigenvalue weighted by Crippen LogP contribution is 2.20. The Morgan fingerprint density at radius 2 is 1.83 bits per heavy atom. The molecule has 0 heterocycles. The van der Waals surface area contributed by atoms with Gasteiger partial charge in [0.25, 0.3) is 5.91 Å². The van der Waals surface area contributed by atoms with Gasteiger partial charge in [-0.15, -0.1) is 0 Å². The Morgan fingerprint density at radius 3 is 2.43 bits per heavy atom. The lowest BCUT2D eigenvalue weighted by molar-refractivity contribution is -0.112. The van der Waals surface area contributed by atoms with Gasteiger partial charge in [0.15, 0.2) is 0 Å². The molecule has 1 amide bonds. The second-order valence-corrected chi connectivity index (χ2v) is 5.48. The van der Waals surface area contributed by atoms with Gasteiger partial charge in [0.2, 0.25) is 0 Å². The molecule has 116 valence electrons. The Hall–Kier alpha value is -2.77. The van der Waals surface area contributed by atoms with Crippen LogP contribution in [0.3, 0.4) is 0 Å². The molecule has 0 radical (unpaired) electrons. The van der Waals surface area contributed by atoms with Gasteiger partial charge in [-0.3, -0.25) is 4.79 Å². The first kappa shape index (κ1) is 16.6. The summed E-state index contributed by atoms with van der Waals surface area (Å²) in [6, 6.07) is 14.5. The summed E-state index contributed by atoms with van der Waals surface area (Å²) in [5.41, 5.74) is 3.47.